The minimum Gasteiger partial charge on any atom is -0.462 e. The van der Waals surface area contributed by atoms with Crippen LogP contribution in [-0.2, 0) is 22.4 Å². The zero-order chi connectivity index (χ0) is 21.3. The number of benzene rings is 2. The van der Waals surface area contributed by atoms with Crippen molar-refractivity contribution in [1.82, 2.24) is 5.43 Å². The van der Waals surface area contributed by atoms with E-state index in [4.69, 9.17) is 9.15 Å². The van der Waals surface area contributed by atoms with E-state index in [0.717, 1.165) is 17.5 Å². The van der Waals surface area contributed by atoms with Gasteiger partial charge in [0.25, 0.3) is 0 Å². The molecule has 0 radical (unpaired) electrons. The van der Waals surface area contributed by atoms with Crippen molar-refractivity contribution in [3.63, 3.8) is 0 Å². The number of ether oxygens (including phenoxy) is 1. The predicted octanol–water partition coefficient (Wildman–Crippen LogP) is 4.38. The lowest BCUT2D eigenvalue weighted by Gasteiger charge is -2.03. The first-order valence-electron chi connectivity index (χ1n) is 9.86. The maximum atomic E-state index is 12.0. The Bertz CT molecular complexity index is 1040. The predicted molar refractivity (Wildman–Crippen MR) is 115 cm³/mol. The molecular formula is C24H24N2O4. The van der Waals surface area contributed by atoms with Crippen LogP contribution in [0.2, 0.25) is 0 Å². The molecule has 1 aromatic heterocycles. The maximum absolute atomic E-state index is 12.0. The number of esters is 1. The lowest BCUT2D eigenvalue weighted by molar-refractivity contribution is -0.120. The highest BCUT2D eigenvalue weighted by Gasteiger charge is 2.10. The molecule has 0 saturated heterocycles. The summed E-state index contributed by atoms with van der Waals surface area (Å²) in [5.41, 5.74) is 5.88. The monoisotopic (exact) mass is 404 g/mol. The summed E-state index contributed by atoms with van der Waals surface area (Å²) >= 11 is 0. The molecule has 0 unspecified atom stereocenters. The molecule has 1 amide bonds. The summed E-state index contributed by atoms with van der Waals surface area (Å²) in [5.74, 6) is 0.494. The average Bonchev–Trinajstić information content (AvgIpc) is 3.23. The highest BCUT2D eigenvalue weighted by atomic mass is 16.5. The number of furan rings is 1. The van der Waals surface area contributed by atoms with E-state index in [1.54, 1.807) is 37.3 Å². The molecule has 6 nitrogen and oxygen atoms in total. The van der Waals surface area contributed by atoms with E-state index in [-0.39, 0.29) is 18.3 Å². The Labute approximate surface area is 175 Å². The van der Waals surface area contributed by atoms with Crippen LogP contribution in [0, 0.1) is 0 Å². The van der Waals surface area contributed by atoms with Crippen LogP contribution in [-0.4, -0.2) is 24.7 Å². The summed E-state index contributed by atoms with van der Waals surface area (Å²) < 4.78 is 10.8. The number of hydrogen-bond acceptors (Lipinski definition) is 5. The van der Waals surface area contributed by atoms with Gasteiger partial charge in [-0.25, -0.2) is 10.2 Å². The summed E-state index contributed by atoms with van der Waals surface area (Å²) in [7, 11) is 0. The summed E-state index contributed by atoms with van der Waals surface area (Å²) in [6.07, 6.45) is 2.66. The van der Waals surface area contributed by atoms with Gasteiger partial charge in [-0.3, -0.25) is 4.79 Å². The number of carbonyl (C=O) groups is 2. The van der Waals surface area contributed by atoms with E-state index in [0.29, 0.717) is 23.7 Å². The van der Waals surface area contributed by atoms with Gasteiger partial charge in [-0.2, -0.15) is 5.10 Å². The molecule has 0 aliphatic heterocycles. The van der Waals surface area contributed by atoms with Crippen LogP contribution in [0.4, 0.5) is 0 Å². The number of carbonyl (C=O) groups excluding carboxylic acids is 2. The van der Waals surface area contributed by atoms with Crippen molar-refractivity contribution in [2.45, 2.75) is 26.7 Å². The molecule has 0 saturated carbocycles. The molecule has 6 heteroatoms. The van der Waals surface area contributed by atoms with E-state index in [1.165, 1.54) is 11.8 Å². The SMILES string of the molecule is CCOC(=O)c1cccc(-c2ccc(/C=N\NC(=O)Cc3ccc(CC)cc3)o2)c1. The second kappa shape index (κ2) is 10.2. The van der Waals surface area contributed by atoms with E-state index >= 15 is 0 Å². The average molecular weight is 404 g/mol. The van der Waals surface area contributed by atoms with Gasteiger partial charge >= 0.3 is 5.97 Å². The third-order valence-electron chi connectivity index (χ3n) is 4.46. The van der Waals surface area contributed by atoms with Crippen LogP contribution in [0.15, 0.2) is 70.2 Å². The number of hydrazone groups is 1. The first-order valence-corrected chi connectivity index (χ1v) is 9.86. The fraction of sp³-hybridized carbons (Fsp3) is 0.208. The lowest BCUT2D eigenvalue weighted by atomic mass is 10.1. The van der Waals surface area contributed by atoms with Gasteiger partial charge in [0, 0.05) is 5.56 Å². The number of nitrogens with one attached hydrogen (secondary N) is 1. The fourth-order valence-electron chi connectivity index (χ4n) is 2.88. The first-order chi connectivity index (χ1) is 14.6. The van der Waals surface area contributed by atoms with Crippen molar-refractivity contribution in [3.8, 4) is 11.3 Å². The maximum Gasteiger partial charge on any atom is 0.338 e. The van der Waals surface area contributed by atoms with Gasteiger partial charge in [-0.05, 0) is 48.7 Å². The van der Waals surface area contributed by atoms with Crippen molar-refractivity contribution >= 4 is 18.1 Å². The van der Waals surface area contributed by atoms with Gasteiger partial charge in [0.15, 0.2) is 0 Å². The second-order valence-corrected chi connectivity index (χ2v) is 6.64. The topological polar surface area (TPSA) is 80.9 Å². The van der Waals surface area contributed by atoms with Gasteiger partial charge in [0.2, 0.25) is 5.91 Å². The molecule has 0 spiro atoms. The van der Waals surface area contributed by atoms with Crippen molar-refractivity contribution in [3.05, 3.63) is 83.1 Å². The molecule has 3 rings (SSSR count). The Balaban J connectivity index is 1.58. The molecule has 0 bridgehead atoms. The standard InChI is InChI=1S/C24H24N2O4/c1-3-17-8-10-18(11-9-17)14-23(27)26-25-16-21-12-13-22(30-21)19-6-5-7-20(15-19)24(28)29-4-2/h5-13,15-16H,3-4,14H2,1-2H3,(H,26,27)/b25-16-. The normalized spacial score (nSPS) is 10.9. The van der Waals surface area contributed by atoms with E-state index < -0.39 is 0 Å². The largest absolute Gasteiger partial charge is 0.462 e. The molecule has 154 valence electrons. The van der Waals surface area contributed by atoms with Crippen LogP contribution in [0.25, 0.3) is 11.3 Å². The van der Waals surface area contributed by atoms with Gasteiger partial charge < -0.3 is 9.15 Å². The third-order valence-corrected chi connectivity index (χ3v) is 4.46. The molecule has 0 aliphatic rings. The highest BCUT2D eigenvalue weighted by Crippen LogP contribution is 2.23. The molecule has 2 aromatic carbocycles. The first kappa shape index (κ1) is 21.0. The van der Waals surface area contributed by atoms with Crippen LogP contribution >= 0.6 is 0 Å². The molecule has 1 heterocycles. The van der Waals surface area contributed by atoms with Crippen LogP contribution in [0.5, 0.6) is 0 Å². The fourth-order valence-corrected chi connectivity index (χ4v) is 2.88. The summed E-state index contributed by atoms with van der Waals surface area (Å²) in [6, 6.07) is 18.5. The van der Waals surface area contributed by atoms with Crippen LogP contribution in [0.1, 0.15) is 41.1 Å². The minimum atomic E-state index is -0.375. The molecule has 0 aliphatic carbocycles. The van der Waals surface area contributed by atoms with Gasteiger partial charge in [-0.15, -0.1) is 0 Å². The van der Waals surface area contributed by atoms with Gasteiger partial charge in [0.05, 0.1) is 24.8 Å². The lowest BCUT2D eigenvalue weighted by Crippen LogP contribution is -2.19. The molecule has 1 N–H and O–H groups in total. The second-order valence-electron chi connectivity index (χ2n) is 6.64. The minimum absolute atomic E-state index is 0.204. The smallest absolute Gasteiger partial charge is 0.338 e. The van der Waals surface area contributed by atoms with Crippen molar-refractivity contribution in [2.75, 3.05) is 6.61 Å². The van der Waals surface area contributed by atoms with E-state index in [1.807, 2.05) is 30.3 Å². The number of rotatable bonds is 8. The molecule has 0 fully saturated rings. The van der Waals surface area contributed by atoms with E-state index in [2.05, 4.69) is 17.5 Å². The Morgan fingerprint density at radius 2 is 1.80 bits per heavy atom. The molecular weight excluding hydrogens is 380 g/mol. The number of aryl methyl sites for hydroxylation is 1. The van der Waals surface area contributed by atoms with Gasteiger partial charge in [0.1, 0.15) is 11.5 Å². The molecule has 30 heavy (non-hydrogen) atoms. The summed E-state index contributed by atoms with van der Waals surface area (Å²) in [6.45, 7) is 4.18. The summed E-state index contributed by atoms with van der Waals surface area (Å²) in [5, 5.41) is 3.96. The van der Waals surface area contributed by atoms with Crippen molar-refractivity contribution in [1.29, 1.82) is 0 Å². The number of nitrogens with zero attached hydrogens (tertiary/aromatic N) is 1. The Morgan fingerprint density at radius 3 is 2.53 bits per heavy atom. The van der Waals surface area contributed by atoms with Crippen LogP contribution < -0.4 is 5.43 Å². The Hall–Kier alpha value is -3.67. The Morgan fingerprint density at radius 1 is 1.03 bits per heavy atom. The number of hydrogen-bond donors (Lipinski definition) is 1. The zero-order valence-electron chi connectivity index (χ0n) is 17.1. The van der Waals surface area contributed by atoms with Gasteiger partial charge in [-0.1, -0.05) is 43.3 Å². The van der Waals surface area contributed by atoms with E-state index in [9.17, 15) is 9.59 Å². The van der Waals surface area contributed by atoms with Crippen molar-refractivity contribution in [2.24, 2.45) is 5.10 Å². The van der Waals surface area contributed by atoms with Crippen molar-refractivity contribution < 1.29 is 18.7 Å². The molecule has 3 aromatic rings. The third kappa shape index (κ3) is 5.67. The quantitative estimate of drug-likeness (QED) is 0.343. The Kier molecular flexibility index (Phi) is 7.16. The number of amides is 1. The zero-order valence-corrected chi connectivity index (χ0v) is 17.1. The highest BCUT2D eigenvalue weighted by molar-refractivity contribution is 5.91. The summed E-state index contributed by atoms with van der Waals surface area (Å²) in [4.78, 5) is 23.9. The van der Waals surface area contributed by atoms with Crippen LogP contribution in [0.3, 0.4) is 0 Å². The molecule has 0 atom stereocenters.